The van der Waals surface area contributed by atoms with Crippen LogP contribution >= 0.6 is 0 Å². The van der Waals surface area contributed by atoms with Crippen molar-refractivity contribution in [2.24, 2.45) is 0 Å². The molecule has 0 saturated carbocycles. The van der Waals surface area contributed by atoms with Crippen LogP contribution in [0.3, 0.4) is 0 Å². The highest BCUT2D eigenvalue weighted by Gasteiger charge is 2.23. The van der Waals surface area contributed by atoms with Gasteiger partial charge in [-0.15, -0.1) is 0 Å². The lowest BCUT2D eigenvalue weighted by Gasteiger charge is -2.10. The topological polar surface area (TPSA) is 82.5 Å². The van der Waals surface area contributed by atoms with Gasteiger partial charge in [-0.2, -0.15) is 5.10 Å². The molecule has 1 aliphatic rings. The molecule has 1 N–H and O–H groups in total. The van der Waals surface area contributed by atoms with E-state index in [4.69, 9.17) is 9.47 Å². The summed E-state index contributed by atoms with van der Waals surface area (Å²) in [6, 6.07) is 4.06. The molecule has 7 nitrogen and oxygen atoms in total. The summed E-state index contributed by atoms with van der Waals surface area (Å²) in [6.07, 6.45) is 3.48. The molecule has 8 heteroatoms. The minimum Gasteiger partial charge on any atom is -0.462 e. The van der Waals surface area contributed by atoms with Crippen LogP contribution in [0.15, 0.2) is 18.2 Å². The van der Waals surface area contributed by atoms with Gasteiger partial charge in [-0.3, -0.25) is 9.48 Å². The highest BCUT2D eigenvalue weighted by atomic mass is 19.1. The van der Waals surface area contributed by atoms with Crippen LogP contribution < -0.4 is 5.32 Å². The minimum atomic E-state index is -0.539. The third kappa shape index (κ3) is 5.91. The van der Waals surface area contributed by atoms with Crippen LogP contribution in [-0.2, 0) is 28.9 Å². The lowest BCUT2D eigenvalue weighted by atomic mass is 10.1. The van der Waals surface area contributed by atoms with E-state index in [2.05, 4.69) is 10.4 Å². The minimum absolute atomic E-state index is 0.0898. The van der Waals surface area contributed by atoms with Gasteiger partial charge in [0.1, 0.15) is 5.82 Å². The Morgan fingerprint density at radius 2 is 2.13 bits per heavy atom. The maximum Gasteiger partial charge on any atom is 0.338 e. The van der Waals surface area contributed by atoms with Crippen molar-refractivity contribution >= 4 is 11.9 Å². The predicted molar refractivity (Wildman–Crippen MR) is 114 cm³/mol. The first-order valence-electron chi connectivity index (χ1n) is 10.9. The van der Waals surface area contributed by atoms with Gasteiger partial charge >= 0.3 is 5.97 Å². The third-order valence-corrected chi connectivity index (χ3v) is 5.31. The van der Waals surface area contributed by atoms with Crippen molar-refractivity contribution in [3.8, 4) is 0 Å². The van der Waals surface area contributed by atoms with E-state index in [9.17, 15) is 14.0 Å². The van der Waals surface area contributed by atoms with Crippen LogP contribution in [-0.4, -0.2) is 48.0 Å². The van der Waals surface area contributed by atoms with Gasteiger partial charge in [-0.25, -0.2) is 9.18 Å². The van der Waals surface area contributed by atoms with Crippen LogP contribution in [0.25, 0.3) is 0 Å². The molecule has 2 heterocycles. The summed E-state index contributed by atoms with van der Waals surface area (Å²) in [5.74, 6) is -1.10. The molecule has 1 aromatic carbocycles. The molecule has 1 aliphatic heterocycles. The Balaban J connectivity index is 1.66. The van der Waals surface area contributed by atoms with E-state index in [1.807, 2.05) is 11.6 Å². The lowest BCUT2D eigenvalue weighted by Crippen LogP contribution is -2.26. The van der Waals surface area contributed by atoms with E-state index < -0.39 is 11.8 Å². The zero-order valence-corrected chi connectivity index (χ0v) is 18.2. The Kier molecular flexibility index (Phi) is 8.17. The number of rotatable bonds is 6. The summed E-state index contributed by atoms with van der Waals surface area (Å²) in [6.45, 7) is 6.28. The second-order valence-electron chi connectivity index (χ2n) is 7.62. The number of carbonyl (C=O) groups excluding carboxylic acids is 2. The molecular weight excluding hydrogens is 401 g/mol. The zero-order valence-electron chi connectivity index (χ0n) is 18.2. The van der Waals surface area contributed by atoms with Gasteiger partial charge in [0.2, 0.25) is 0 Å². The first-order valence-corrected chi connectivity index (χ1v) is 10.9. The molecule has 0 fully saturated rings. The number of amides is 1. The molecule has 0 spiro atoms. The summed E-state index contributed by atoms with van der Waals surface area (Å²) >= 11 is 0. The van der Waals surface area contributed by atoms with E-state index in [1.54, 1.807) is 13.0 Å². The number of nitrogens with one attached hydrogen (secondary N) is 1. The molecule has 0 unspecified atom stereocenters. The molecule has 168 valence electrons. The number of aromatic nitrogens is 2. The summed E-state index contributed by atoms with van der Waals surface area (Å²) < 4.78 is 26.2. The third-order valence-electron chi connectivity index (χ3n) is 5.31. The Morgan fingerprint density at radius 3 is 2.94 bits per heavy atom. The number of nitrogens with zero attached hydrogens (tertiary/aromatic N) is 2. The standard InChI is InChI=1S/C23H30FN3O4/c1-3-19-21-20(7-4-12-30-13-5-10-25-22(21)28)27(26-19)11-6-14-31-23(29)18-15-17(24)9-8-16(18)2/h8-9,15H,3-7,10-14H2,1-2H3,(H,25,28). The fourth-order valence-electron chi connectivity index (χ4n) is 3.68. The Morgan fingerprint density at radius 1 is 1.32 bits per heavy atom. The molecule has 2 aromatic rings. The van der Waals surface area contributed by atoms with Crippen molar-refractivity contribution in [2.75, 3.05) is 26.4 Å². The second-order valence-corrected chi connectivity index (χ2v) is 7.62. The van der Waals surface area contributed by atoms with Crippen molar-refractivity contribution in [1.82, 2.24) is 15.1 Å². The maximum atomic E-state index is 13.4. The van der Waals surface area contributed by atoms with Crippen LogP contribution in [0, 0.1) is 12.7 Å². The highest BCUT2D eigenvalue weighted by Crippen LogP contribution is 2.19. The van der Waals surface area contributed by atoms with E-state index in [0.29, 0.717) is 56.7 Å². The first kappa shape index (κ1) is 22.9. The second kappa shape index (κ2) is 11.0. The summed E-state index contributed by atoms with van der Waals surface area (Å²) in [4.78, 5) is 25.0. The quantitative estimate of drug-likeness (QED) is 0.561. The largest absolute Gasteiger partial charge is 0.462 e. The van der Waals surface area contributed by atoms with Gasteiger partial charge in [0.25, 0.3) is 5.91 Å². The van der Waals surface area contributed by atoms with E-state index in [1.165, 1.54) is 12.1 Å². The Bertz CT molecular complexity index is 926. The highest BCUT2D eigenvalue weighted by molar-refractivity contribution is 5.96. The number of aryl methyl sites for hydroxylation is 3. The zero-order chi connectivity index (χ0) is 22.2. The van der Waals surface area contributed by atoms with Gasteiger partial charge in [0, 0.05) is 32.7 Å². The number of benzene rings is 1. The number of carbonyl (C=O) groups is 2. The molecule has 0 radical (unpaired) electrons. The molecule has 0 bridgehead atoms. The van der Waals surface area contributed by atoms with Gasteiger partial charge in [0.15, 0.2) is 0 Å². The molecule has 1 aromatic heterocycles. The van der Waals surface area contributed by atoms with Crippen LogP contribution in [0.2, 0.25) is 0 Å². The monoisotopic (exact) mass is 431 g/mol. The smallest absolute Gasteiger partial charge is 0.338 e. The molecule has 1 amide bonds. The molecular formula is C23H30FN3O4. The van der Waals surface area contributed by atoms with Crippen molar-refractivity contribution in [1.29, 1.82) is 0 Å². The predicted octanol–water partition coefficient (Wildman–Crippen LogP) is 3.22. The summed E-state index contributed by atoms with van der Waals surface area (Å²) in [7, 11) is 0. The molecule has 0 aliphatic carbocycles. The van der Waals surface area contributed by atoms with E-state index in [0.717, 1.165) is 24.2 Å². The normalized spacial score (nSPS) is 15.0. The average Bonchev–Trinajstić information content (AvgIpc) is 3.09. The summed E-state index contributed by atoms with van der Waals surface area (Å²) in [5, 5.41) is 7.62. The number of hydrogen-bond acceptors (Lipinski definition) is 5. The molecule has 3 rings (SSSR count). The average molecular weight is 432 g/mol. The van der Waals surface area contributed by atoms with Crippen molar-refractivity contribution < 1.29 is 23.5 Å². The van der Waals surface area contributed by atoms with Crippen molar-refractivity contribution in [3.05, 3.63) is 52.1 Å². The van der Waals surface area contributed by atoms with Crippen LogP contribution in [0.1, 0.15) is 63.9 Å². The first-order chi connectivity index (χ1) is 15.0. The van der Waals surface area contributed by atoms with Crippen molar-refractivity contribution in [2.45, 2.75) is 52.5 Å². The van der Waals surface area contributed by atoms with Gasteiger partial charge in [0.05, 0.1) is 29.1 Å². The fourth-order valence-corrected chi connectivity index (χ4v) is 3.68. The SMILES string of the molecule is CCc1nn(CCCOC(=O)c2cc(F)ccc2C)c2c1C(=O)NCCCOCCC2. The number of esters is 1. The number of fused-ring (bicyclic) bond motifs is 1. The van der Waals surface area contributed by atoms with Gasteiger partial charge in [-0.1, -0.05) is 13.0 Å². The fraction of sp³-hybridized carbons (Fsp3) is 0.522. The Labute approximate surface area is 181 Å². The van der Waals surface area contributed by atoms with Crippen LogP contribution in [0.5, 0.6) is 0 Å². The van der Waals surface area contributed by atoms with Crippen LogP contribution in [0.4, 0.5) is 4.39 Å². The van der Waals surface area contributed by atoms with Crippen molar-refractivity contribution in [3.63, 3.8) is 0 Å². The van der Waals surface area contributed by atoms with E-state index in [-0.39, 0.29) is 18.1 Å². The number of ether oxygens (including phenoxy) is 2. The van der Waals surface area contributed by atoms with E-state index >= 15 is 0 Å². The molecule has 0 atom stereocenters. The lowest BCUT2D eigenvalue weighted by molar-refractivity contribution is 0.0493. The van der Waals surface area contributed by atoms with Gasteiger partial charge < -0.3 is 14.8 Å². The Hall–Kier alpha value is -2.74. The summed E-state index contributed by atoms with van der Waals surface area (Å²) in [5.41, 5.74) is 3.24. The molecule has 0 saturated heterocycles. The number of hydrogen-bond donors (Lipinski definition) is 1. The maximum absolute atomic E-state index is 13.4. The molecule has 31 heavy (non-hydrogen) atoms. The number of halogens is 1. The van der Waals surface area contributed by atoms with Gasteiger partial charge in [-0.05, 0) is 50.3 Å².